The summed E-state index contributed by atoms with van der Waals surface area (Å²) in [4.78, 5) is 18.8. The normalized spacial score (nSPS) is 34.6. The number of hydrogen-bond acceptors (Lipinski definition) is 10. The van der Waals surface area contributed by atoms with Crippen LogP contribution in [-0.2, 0) is 9.47 Å². The molecule has 9 rings (SSSR count). The number of aromatic hydroxyl groups is 1. The van der Waals surface area contributed by atoms with Gasteiger partial charge in [0, 0.05) is 53.2 Å². The van der Waals surface area contributed by atoms with Crippen molar-refractivity contribution in [1.82, 2.24) is 19.9 Å². The number of aromatic nitrogens is 3. The van der Waals surface area contributed by atoms with Crippen LogP contribution in [0.5, 0.6) is 11.8 Å². The molecule has 2 saturated carbocycles. The number of pyridine rings is 1. The molecular formula is C43H51F2N5O5. The Kier molecular flexibility index (Phi) is 9.11. The van der Waals surface area contributed by atoms with Gasteiger partial charge in [0.25, 0.3) is 0 Å². The van der Waals surface area contributed by atoms with Crippen LogP contribution in [0, 0.1) is 29.0 Å². The molecule has 292 valence electrons. The zero-order valence-electron chi connectivity index (χ0n) is 31.8. The molecule has 12 heteroatoms. The fraction of sp³-hybridized carbons (Fsp3) is 0.605. The fourth-order valence-corrected chi connectivity index (χ4v) is 11.2. The zero-order valence-corrected chi connectivity index (χ0v) is 31.8. The molecule has 3 saturated heterocycles. The number of rotatable bonds is 7. The minimum absolute atomic E-state index is 0.00921. The van der Waals surface area contributed by atoms with Gasteiger partial charge in [-0.3, -0.25) is 9.88 Å². The lowest BCUT2D eigenvalue weighted by atomic mass is 9.59. The van der Waals surface area contributed by atoms with E-state index in [1.807, 2.05) is 6.92 Å². The maximum atomic E-state index is 17.3. The van der Waals surface area contributed by atoms with E-state index in [0.717, 1.165) is 58.3 Å². The first-order chi connectivity index (χ1) is 26.5. The summed E-state index contributed by atoms with van der Waals surface area (Å²) in [7, 11) is 0. The lowest BCUT2D eigenvalue weighted by molar-refractivity contribution is -0.145. The smallest absolute Gasteiger partial charge is 0.319 e. The van der Waals surface area contributed by atoms with Gasteiger partial charge in [0.1, 0.15) is 28.9 Å². The molecule has 5 heterocycles. The number of alkyl halides is 1. The Morgan fingerprint density at radius 2 is 1.91 bits per heavy atom. The number of halogens is 2. The van der Waals surface area contributed by atoms with Crippen molar-refractivity contribution in [3.8, 4) is 35.4 Å². The summed E-state index contributed by atoms with van der Waals surface area (Å²) < 4.78 is 50.9. The number of aliphatic hydroxyl groups is 1. The van der Waals surface area contributed by atoms with Crippen LogP contribution in [-0.4, -0.2) is 106 Å². The molecule has 3 aliphatic heterocycles. The van der Waals surface area contributed by atoms with E-state index in [4.69, 9.17) is 30.6 Å². The molecular weight excluding hydrogens is 704 g/mol. The molecule has 6 aliphatic rings. The summed E-state index contributed by atoms with van der Waals surface area (Å²) in [6.07, 6.45) is 18.4. The Bertz CT molecular complexity index is 2070. The van der Waals surface area contributed by atoms with Crippen LogP contribution in [0.3, 0.4) is 0 Å². The molecule has 2 aromatic heterocycles. The van der Waals surface area contributed by atoms with Gasteiger partial charge in [-0.1, -0.05) is 25.3 Å². The van der Waals surface area contributed by atoms with Crippen molar-refractivity contribution in [3.05, 3.63) is 41.3 Å². The second kappa shape index (κ2) is 13.6. The van der Waals surface area contributed by atoms with Crippen molar-refractivity contribution in [1.29, 1.82) is 0 Å². The molecule has 2 N–H and O–H groups in total. The van der Waals surface area contributed by atoms with Gasteiger partial charge in [-0.25, -0.2) is 8.78 Å². The van der Waals surface area contributed by atoms with Gasteiger partial charge in [0.05, 0.1) is 38.4 Å². The first-order valence-corrected chi connectivity index (χ1v) is 20.1. The van der Waals surface area contributed by atoms with Crippen LogP contribution in [0.4, 0.5) is 14.6 Å². The van der Waals surface area contributed by atoms with Crippen molar-refractivity contribution < 1.29 is 33.2 Å². The van der Waals surface area contributed by atoms with Gasteiger partial charge in [-0.15, -0.1) is 6.42 Å². The third kappa shape index (κ3) is 5.82. The first kappa shape index (κ1) is 36.7. The van der Waals surface area contributed by atoms with Gasteiger partial charge in [0.2, 0.25) is 0 Å². The van der Waals surface area contributed by atoms with E-state index < -0.39 is 23.5 Å². The number of allylic oxidation sites excluding steroid dienone is 1. The maximum Gasteiger partial charge on any atom is 0.319 e. The molecule has 1 aromatic carbocycles. The third-order valence-electron chi connectivity index (χ3n) is 14.4. The fourth-order valence-electron chi connectivity index (χ4n) is 11.2. The number of likely N-dealkylation sites (tertiary alicyclic amines) is 1. The molecule has 55 heavy (non-hydrogen) atoms. The Balaban J connectivity index is 1.13. The quantitative estimate of drug-likeness (QED) is 0.257. The Morgan fingerprint density at radius 1 is 1.07 bits per heavy atom. The first-order valence-electron chi connectivity index (χ1n) is 20.1. The van der Waals surface area contributed by atoms with Crippen molar-refractivity contribution in [2.24, 2.45) is 10.8 Å². The molecule has 3 aliphatic carbocycles. The highest BCUT2D eigenvalue weighted by Gasteiger charge is 2.63. The predicted molar refractivity (Wildman–Crippen MR) is 205 cm³/mol. The number of hydrogen-bond donors (Lipinski definition) is 2. The number of benzene rings is 1. The maximum absolute atomic E-state index is 17.3. The summed E-state index contributed by atoms with van der Waals surface area (Å²) in [6.45, 7) is 7.95. The zero-order chi connectivity index (χ0) is 38.2. The molecule has 0 bridgehead atoms. The Morgan fingerprint density at radius 3 is 2.67 bits per heavy atom. The highest BCUT2D eigenvalue weighted by Crippen LogP contribution is 2.60. The SMILES string of the molecule is C#C[C@@]1(O)COCCN(c2nc(OCC34CCCN(C5CCC56CCOC6)C3(C)CCC4)nc3c(F)c(-c4cc(O)cc5c4C(CC)C(F)C=C5)ncc23)C1. The van der Waals surface area contributed by atoms with Crippen LogP contribution in [0.1, 0.15) is 88.7 Å². The standard InChI is InChI=1S/C43H51F2N5O5/c1-4-29-32(44)9-8-27-20-28(51)21-30(34(27)29)36-35(45)37-31(22-46-36)38(49-17-19-54-26-43(52,5-2)23-49)48-39(47-37)55-25-42-12-6-11-40(42,3)50(16-7-13-42)33-10-14-41(33)15-18-53-24-41/h2,8-9,20-22,29,32-33,51-52H,4,6-7,10-19,23-26H2,1,3H3/t29?,32?,33?,40?,41?,42?,43-/m0/s1. The third-order valence-corrected chi connectivity index (χ3v) is 14.4. The predicted octanol–water partition coefficient (Wildman–Crippen LogP) is 6.57. The second-order valence-electron chi connectivity index (χ2n) is 17.2. The van der Waals surface area contributed by atoms with Crippen LogP contribution in [0.2, 0.25) is 0 Å². The van der Waals surface area contributed by atoms with Gasteiger partial charge in [-0.05, 0) is 94.2 Å². The number of phenols is 1. The minimum atomic E-state index is -1.60. The number of ether oxygens (including phenoxy) is 3. The lowest BCUT2D eigenvalue weighted by Gasteiger charge is -2.63. The number of nitrogens with zero attached hydrogens (tertiary/aromatic N) is 5. The van der Waals surface area contributed by atoms with E-state index in [1.54, 1.807) is 17.0 Å². The van der Waals surface area contributed by atoms with E-state index in [2.05, 4.69) is 22.7 Å². The number of β-amino-alcohol motifs (C(OH)–C–C–N with tert-alkyl or cyclic N) is 1. The van der Waals surface area contributed by atoms with Gasteiger partial charge < -0.3 is 29.3 Å². The van der Waals surface area contributed by atoms with Crippen LogP contribution in [0.15, 0.2) is 24.4 Å². The summed E-state index contributed by atoms with van der Waals surface area (Å²) in [5.74, 6) is 1.42. The highest BCUT2D eigenvalue weighted by molar-refractivity contribution is 5.92. The highest BCUT2D eigenvalue weighted by atomic mass is 19.1. The topological polar surface area (TPSA) is 113 Å². The molecule has 7 atom stereocenters. The van der Waals surface area contributed by atoms with Gasteiger partial charge >= 0.3 is 6.01 Å². The average molecular weight is 756 g/mol. The van der Waals surface area contributed by atoms with E-state index in [0.29, 0.717) is 53.5 Å². The summed E-state index contributed by atoms with van der Waals surface area (Å²) in [5, 5.41) is 22.3. The molecule has 3 aromatic rings. The molecule has 10 nitrogen and oxygen atoms in total. The van der Waals surface area contributed by atoms with E-state index >= 15 is 8.78 Å². The van der Waals surface area contributed by atoms with E-state index in [-0.39, 0.29) is 59.1 Å². The number of anilines is 1. The lowest BCUT2D eigenvalue weighted by Crippen LogP contribution is -2.69. The Labute approximate surface area is 321 Å². The van der Waals surface area contributed by atoms with Crippen LogP contribution < -0.4 is 9.64 Å². The second-order valence-corrected chi connectivity index (χ2v) is 17.2. The molecule has 0 radical (unpaired) electrons. The Hall–Kier alpha value is -3.89. The molecule has 5 fully saturated rings. The van der Waals surface area contributed by atoms with E-state index in [9.17, 15) is 10.2 Å². The summed E-state index contributed by atoms with van der Waals surface area (Å²) in [5.41, 5.74) is -0.129. The molecule has 1 spiro atoms. The van der Waals surface area contributed by atoms with Crippen molar-refractivity contribution in [3.63, 3.8) is 0 Å². The number of fused-ring (bicyclic) bond motifs is 3. The van der Waals surface area contributed by atoms with E-state index in [1.165, 1.54) is 31.2 Å². The van der Waals surface area contributed by atoms with Gasteiger partial charge in [0.15, 0.2) is 11.4 Å². The van der Waals surface area contributed by atoms with Crippen LogP contribution in [0.25, 0.3) is 28.2 Å². The molecule has 0 amide bonds. The summed E-state index contributed by atoms with van der Waals surface area (Å²) in [6, 6.07) is 3.54. The minimum Gasteiger partial charge on any atom is -0.508 e. The number of piperidine rings is 1. The van der Waals surface area contributed by atoms with Crippen molar-refractivity contribution >= 4 is 22.8 Å². The largest absolute Gasteiger partial charge is 0.508 e. The monoisotopic (exact) mass is 755 g/mol. The average Bonchev–Trinajstić information content (AvgIpc) is 3.77. The van der Waals surface area contributed by atoms with Crippen LogP contribution >= 0.6 is 0 Å². The summed E-state index contributed by atoms with van der Waals surface area (Å²) >= 11 is 0. The van der Waals surface area contributed by atoms with Gasteiger partial charge in [-0.2, -0.15) is 9.97 Å². The molecule has 6 unspecified atom stereocenters. The number of terminal acetylenes is 1. The number of phenolic OH excluding ortho intramolecular Hbond substituents is 1. The van der Waals surface area contributed by atoms with Crippen molar-refractivity contribution in [2.75, 3.05) is 57.6 Å². The van der Waals surface area contributed by atoms with Crippen molar-refractivity contribution in [2.45, 2.75) is 101 Å².